The van der Waals surface area contributed by atoms with Crippen LogP contribution in [0.2, 0.25) is 0 Å². The van der Waals surface area contributed by atoms with E-state index in [-0.39, 0.29) is 11.7 Å². The number of hydrogen-bond acceptors (Lipinski definition) is 2. The molecule has 60 valence electrons. The third-order valence-corrected chi connectivity index (χ3v) is 3.46. The molecule has 10 heavy (non-hydrogen) atoms. The molecule has 2 nitrogen and oxygen atoms in total. The van der Waals surface area contributed by atoms with Crippen LogP contribution in [0, 0.1) is 5.92 Å². The van der Waals surface area contributed by atoms with E-state index >= 15 is 0 Å². The normalized spacial score (nSPS) is 30.1. The maximum atomic E-state index is 10.4. The van der Waals surface area contributed by atoms with Crippen LogP contribution >= 0.6 is 33.9 Å². The molecule has 0 N–H and O–H groups in total. The molecule has 1 aliphatic carbocycles. The fraction of sp³-hybridized carbons (Fsp3) is 1.00. The lowest BCUT2D eigenvalue weighted by Gasteiger charge is -1.94. The van der Waals surface area contributed by atoms with Gasteiger partial charge in [0, 0.05) is 16.6 Å². The van der Waals surface area contributed by atoms with E-state index in [0.29, 0.717) is 6.42 Å². The van der Waals surface area contributed by atoms with Crippen molar-refractivity contribution in [3.63, 3.8) is 0 Å². The van der Waals surface area contributed by atoms with Gasteiger partial charge in [-0.2, -0.15) is 0 Å². The Balaban J connectivity index is 2.46. The van der Waals surface area contributed by atoms with E-state index in [1.165, 1.54) is 0 Å². The Hall–Kier alpha value is 0.820. The summed E-state index contributed by atoms with van der Waals surface area (Å²) in [5, 5.41) is 0. The predicted molar refractivity (Wildman–Crippen MR) is 42.2 cm³/mol. The van der Waals surface area contributed by atoms with E-state index in [9.17, 15) is 8.42 Å². The summed E-state index contributed by atoms with van der Waals surface area (Å²) in [5.74, 6) is -0.306. The monoisotopic (exact) mass is 222 g/mol. The summed E-state index contributed by atoms with van der Waals surface area (Å²) in [5.41, 5.74) is 0. The first-order valence-electron chi connectivity index (χ1n) is 2.61. The summed E-state index contributed by atoms with van der Waals surface area (Å²) < 4.78 is 20.0. The van der Waals surface area contributed by atoms with Gasteiger partial charge in [-0.15, -0.1) is 23.2 Å². The van der Waals surface area contributed by atoms with Gasteiger partial charge in [-0.25, -0.2) is 8.42 Å². The Morgan fingerprint density at radius 1 is 1.50 bits per heavy atom. The van der Waals surface area contributed by atoms with Crippen LogP contribution in [-0.2, 0) is 9.05 Å². The molecular formula is C4H5Cl3O2S. The van der Waals surface area contributed by atoms with Crippen molar-refractivity contribution in [3.05, 3.63) is 0 Å². The zero-order valence-electron chi connectivity index (χ0n) is 4.85. The summed E-state index contributed by atoms with van der Waals surface area (Å²) >= 11 is 11.1. The Labute approximate surface area is 73.9 Å². The number of rotatable bonds is 2. The molecule has 0 spiro atoms. The number of alkyl halides is 2. The van der Waals surface area contributed by atoms with Crippen LogP contribution in [0.15, 0.2) is 0 Å². The molecule has 0 bridgehead atoms. The molecule has 0 aliphatic heterocycles. The summed E-state index contributed by atoms with van der Waals surface area (Å²) in [6.45, 7) is 0. The highest BCUT2D eigenvalue weighted by molar-refractivity contribution is 8.13. The Morgan fingerprint density at radius 3 is 2.00 bits per heavy atom. The van der Waals surface area contributed by atoms with Crippen LogP contribution in [0.3, 0.4) is 0 Å². The largest absolute Gasteiger partial charge is 0.232 e. The van der Waals surface area contributed by atoms with Crippen molar-refractivity contribution in [2.24, 2.45) is 5.92 Å². The lowest BCUT2D eigenvalue weighted by molar-refractivity contribution is 0.605. The third kappa shape index (κ3) is 2.46. The van der Waals surface area contributed by atoms with Gasteiger partial charge < -0.3 is 0 Å². The molecule has 1 fully saturated rings. The molecule has 1 unspecified atom stereocenters. The highest BCUT2D eigenvalue weighted by Crippen LogP contribution is 2.53. The second kappa shape index (κ2) is 2.41. The first-order valence-corrected chi connectivity index (χ1v) is 5.85. The summed E-state index contributed by atoms with van der Waals surface area (Å²) in [6.07, 6.45) is 0.516. The third-order valence-electron chi connectivity index (χ3n) is 1.36. The highest BCUT2D eigenvalue weighted by atomic mass is 35.7. The van der Waals surface area contributed by atoms with Crippen molar-refractivity contribution < 1.29 is 8.42 Å². The minimum atomic E-state index is -3.43. The van der Waals surface area contributed by atoms with E-state index in [1.807, 2.05) is 0 Å². The minimum absolute atomic E-state index is 0.123. The molecular weight excluding hydrogens is 218 g/mol. The van der Waals surface area contributed by atoms with Gasteiger partial charge in [0.05, 0.1) is 5.75 Å². The fourth-order valence-corrected chi connectivity index (χ4v) is 2.74. The van der Waals surface area contributed by atoms with Gasteiger partial charge in [-0.05, 0) is 6.42 Å². The number of hydrogen-bond donors (Lipinski definition) is 0. The molecule has 6 heteroatoms. The lowest BCUT2D eigenvalue weighted by Crippen LogP contribution is -2.03. The Morgan fingerprint density at radius 2 is 1.90 bits per heavy atom. The van der Waals surface area contributed by atoms with E-state index in [0.717, 1.165) is 0 Å². The van der Waals surface area contributed by atoms with E-state index < -0.39 is 13.4 Å². The average molecular weight is 224 g/mol. The molecule has 1 aliphatic rings. The zero-order chi connectivity index (χ0) is 7.99. The Kier molecular flexibility index (Phi) is 2.14. The van der Waals surface area contributed by atoms with Crippen molar-refractivity contribution in [2.75, 3.05) is 5.75 Å². The van der Waals surface area contributed by atoms with Gasteiger partial charge in [-0.3, -0.25) is 0 Å². The maximum absolute atomic E-state index is 10.4. The molecule has 0 aromatic carbocycles. The Bertz CT molecular complexity index is 233. The van der Waals surface area contributed by atoms with Crippen LogP contribution in [0.4, 0.5) is 0 Å². The number of halogens is 3. The van der Waals surface area contributed by atoms with Crippen molar-refractivity contribution in [1.82, 2.24) is 0 Å². The average Bonchev–Trinajstić information content (AvgIpc) is 2.05. The topological polar surface area (TPSA) is 34.1 Å². The SMILES string of the molecule is O=S(=O)(Cl)CC1CC1(Cl)Cl. The van der Waals surface area contributed by atoms with Crippen molar-refractivity contribution in [1.29, 1.82) is 0 Å². The first-order chi connectivity index (χ1) is 4.31. The first kappa shape index (κ1) is 8.91. The smallest absolute Gasteiger partial charge is 0.212 e. The van der Waals surface area contributed by atoms with Gasteiger partial charge in [0.25, 0.3) is 0 Å². The molecule has 0 saturated heterocycles. The quantitative estimate of drug-likeness (QED) is 0.528. The van der Waals surface area contributed by atoms with Crippen molar-refractivity contribution in [2.45, 2.75) is 10.8 Å². The van der Waals surface area contributed by atoms with Crippen molar-refractivity contribution >= 4 is 42.9 Å². The molecule has 1 atom stereocenters. The molecule has 0 aromatic heterocycles. The molecule has 0 heterocycles. The predicted octanol–water partition coefficient (Wildman–Crippen LogP) is 1.75. The van der Waals surface area contributed by atoms with Crippen LogP contribution in [-0.4, -0.2) is 18.5 Å². The van der Waals surface area contributed by atoms with Gasteiger partial charge in [-0.1, -0.05) is 0 Å². The van der Waals surface area contributed by atoms with Crippen LogP contribution in [0.5, 0.6) is 0 Å². The second-order valence-corrected chi connectivity index (χ2v) is 6.73. The van der Waals surface area contributed by atoms with E-state index in [1.54, 1.807) is 0 Å². The summed E-state index contributed by atoms with van der Waals surface area (Å²) in [6, 6.07) is 0. The zero-order valence-corrected chi connectivity index (χ0v) is 7.93. The van der Waals surface area contributed by atoms with Gasteiger partial charge >= 0.3 is 0 Å². The van der Waals surface area contributed by atoms with Crippen molar-refractivity contribution in [3.8, 4) is 0 Å². The second-order valence-electron chi connectivity index (χ2n) is 2.37. The van der Waals surface area contributed by atoms with Gasteiger partial charge in [0.2, 0.25) is 9.05 Å². The summed E-state index contributed by atoms with van der Waals surface area (Å²) in [7, 11) is 1.52. The van der Waals surface area contributed by atoms with Crippen LogP contribution in [0.25, 0.3) is 0 Å². The maximum Gasteiger partial charge on any atom is 0.232 e. The molecule has 1 rings (SSSR count). The molecule has 1 saturated carbocycles. The lowest BCUT2D eigenvalue weighted by atomic mass is 10.5. The minimum Gasteiger partial charge on any atom is -0.212 e. The fourth-order valence-electron chi connectivity index (χ4n) is 0.691. The standard InChI is InChI=1S/C4H5Cl3O2S/c5-4(6)1-3(4)2-10(7,8)9/h3H,1-2H2. The van der Waals surface area contributed by atoms with Crippen LogP contribution < -0.4 is 0 Å². The van der Waals surface area contributed by atoms with Crippen LogP contribution in [0.1, 0.15) is 6.42 Å². The van der Waals surface area contributed by atoms with Gasteiger partial charge in [0.15, 0.2) is 0 Å². The summed E-state index contributed by atoms with van der Waals surface area (Å²) in [4.78, 5) is 0. The molecule has 0 amide bonds. The molecule has 0 radical (unpaired) electrons. The van der Waals surface area contributed by atoms with E-state index in [2.05, 4.69) is 0 Å². The van der Waals surface area contributed by atoms with E-state index in [4.69, 9.17) is 33.9 Å². The highest BCUT2D eigenvalue weighted by Gasteiger charge is 2.53. The van der Waals surface area contributed by atoms with Gasteiger partial charge in [0.1, 0.15) is 4.33 Å². The molecule has 0 aromatic rings.